The summed E-state index contributed by atoms with van der Waals surface area (Å²) in [6.45, 7) is 5.65. The summed E-state index contributed by atoms with van der Waals surface area (Å²) in [4.78, 5) is 2.52. The zero-order valence-corrected chi connectivity index (χ0v) is 10.6. The van der Waals surface area contributed by atoms with Gasteiger partial charge in [-0.15, -0.1) is 0 Å². The molecule has 0 spiro atoms. The fraction of sp³-hybridized carbons (Fsp3) is 0.571. The molecule has 3 nitrogen and oxygen atoms in total. The fourth-order valence-corrected chi connectivity index (χ4v) is 2.32. The Morgan fingerprint density at radius 2 is 2.00 bits per heavy atom. The van der Waals surface area contributed by atoms with E-state index >= 15 is 0 Å². The van der Waals surface area contributed by atoms with E-state index in [-0.39, 0.29) is 0 Å². The third-order valence-corrected chi connectivity index (χ3v) is 3.31. The van der Waals surface area contributed by atoms with Gasteiger partial charge in [0.05, 0.1) is 7.11 Å². The molecular formula is C14H22N2O. The largest absolute Gasteiger partial charge is 0.496 e. The summed E-state index contributed by atoms with van der Waals surface area (Å²) in [5.74, 6) is 0.973. The predicted octanol–water partition coefficient (Wildman–Crippen LogP) is 1.88. The van der Waals surface area contributed by atoms with E-state index in [1.807, 2.05) is 12.1 Å². The molecule has 0 aromatic heterocycles. The van der Waals surface area contributed by atoms with Gasteiger partial charge in [0, 0.05) is 25.2 Å². The highest BCUT2D eigenvalue weighted by Crippen LogP contribution is 2.16. The van der Waals surface area contributed by atoms with Crippen LogP contribution in [-0.4, -0.2) is 38.2 Å². The predicted molar refractivity (Wildman–Crippen MR) is 70.4 cm³/mol. The molecule has 1 aromatic carbocycles. The molecule has 0 atom stereocenters. The van der Waals surface area contributed by atoms with Crippen LogP contribution in [0.15, 0.2) is 24.3 Å². The molecule has 0 radical (unpaired) electrons. The second kappa shape index (κ2) is 6.62. The van der Waals surface area contributed by atoms with Crippen molar-refractivity contribution in [3.05, 3.63) is 29.8 Å². The molecule has 3 heteroatoms. The van der Waals surface area contributed by atoms with Crippen molar-refractivity contribution in [2.75, 3.05) is 33.3 Å². The Morgan fingerprint density at radius 1 is 1.24 bits per heavy atom. The zero-order chi connectivity index (χ0) is 11.9. The van der Waals surface area contributed by atoms with Gasteiger partial charge in [-0.1, -0.05) is 18.2 Å². The number of nitrogens with zero attached hydrogens (tertiary/aromatic N) is 1. The monoisotopic (exact) mass is 234 g/mol. The average Bonchev–Trinajstić information content (AvgIpc) is 2.88. The van der Waals surface area contributed by atoms with Crippen LogP contribution < -0.4 is 10.1 Å². The minimum atomic E-state index is 0.887. The standard InChI is InChI=1S/C14H22N2O/c1-17-14-7-3-2-6-13(14)12-15-8-11-16-9-4-5-10-16/h2-3,6-7,15H,4-5,8-12H2,1H3. The van der Waals surface area contributed by atoms with E-state index in [0.717, 1.165) is 25.4 Å². The summed E-state index contributed by atoms with van der Waals surface area (Å²) < 4.78 is 5.33. The second-order valence-electron chi connectivity index (χ2n) is 4.54. The Balaban J connectivity index is 1.70. The van der Waals surface area contributed by atoms with Crippen LogP contribution in [0.5, 0.6) is 5.75 Å². The summed E-state index contributed by atoms with van der Waals surface area (Å²) in [6.07, 6.45) is 2.74. The number of nitrogens with one attached hydrogen (secondary N) is 1. The molecule has 0 saturated carbocycles. The molecule has 17 heavy (non-hydrogen) atoms. The van der Waals surface area contributed by atoms with Gasteiger partial charge >= 0.3 is 0 Å². The van der Waals surface area contributed by atoms with Crippen LogP contribution in [0.4, 0.5) is 0 Å². The molecule has 1 heterocycles. The zero-order valence-electron chi connectivity index (χ0n) is 10.6. The van der Waals surface area contributed by atoms with Crippen molar-refractivity contribution in [2.45, 2.75) is 19.4 Å². The lowest BCUT2D eigenvalue weighted by atomic mass is 10.2. The van der Waals surface area contributed by atoms with Crippen molar-refractivity contribution < 1.29 is 4.74 Å². The Morgan fingerprint density at radius 3 is 2.76 bits per heavy atom. The number of hydrogen-bond acceptors (Lipinski definition) is 3. The number of likely N-dealkylation sites (tertiary alicyclic amines) is 1. The number of rotatable bonds is 6. The SMILES string of the molecule is COc1ccccc1CNCCN1CCCC1. The summed E-state index contributed by atoms with van der Waals surface area (Å²) in [6, 6.07) is 8.19. The molecule has 1 aliphatic rings. The van der Waals surface area contributed by atoms with Gasteiger partial charge in [0.25, 0.3) is 0 Å². The Hall–Kier alpha value is -1.06. The Labute approximate surface area is 104 Å². The summed E-state index contributed by atoms with van der Waals surface area (Å²) in [5, 5.41) is 3.48. The minimum absolute atomic E-state index is 0.887. The van der Waals surface area contributed by atoms with Gasteiger partial charge in [0.1, 0.15) is 5.75 Å². The Bertz CT molecular complexity index is 335. The van der Waals surface area contributed by atoms with Gasteiger partial charge in [-0.2, -0.15) is 0 Å². The lowest BCUT2D eigenvalue weighted by Gasteiger charge is -2.15. The van der Waals surface area contributed by atoms with Crippen molar-refractivity contribution in [1.82, 2.24) is 10.2 Å². The third kappa shape index (κ3) is 3.72. The topological polar surface area (TPSA) is 24.5 Å². The molecule has 94 valence electrons. The Kier molecular flexibility index (Phi) is 4.83. The normalized spacial score (nSPS) is 16.3. The average molecular weight is 234 g/mol. The van der Waals surface area contributed by atoms with Gasteiger partial charge in [-0.3, -0.25) is 0 Å². The van der Waals surface area contributed by atoms with Crippen molar-refractivity contribution in [1.29, 1.82) is 0 Å². The molecule has 0 unspecified atom stereocenters. The van der Waals surface area contributed by atoms with Gasteiger partial charge < -0.3 is 15.0 Å². The van der Waals surface area contributed by atoms with Crippen LogP contribution in [0.2, 0.25) is 0 Å². The van der Waals surface area contributed by atoms with Crippen molar-refractivity contribution in [3.63, 3.8) is 0 Å². The molecule has 1 aliphatic heterocycles. The van der Waals surface area contributed by atoms with E-state index in [1.165, 1.54) is 31.5 Å². The maximum absolute atomic E-state index is 5.33. The van der Waals surface area contributed by atoms with E-state index in [1.54, 1.807) is 7.11 Å². The van der Waals surface area contributed by atoms with Gasteiger partial charge in [0.2, 0.25) is 0 Å². The van der Waals surface area contributed by atoms with Crippen LogP contribution in [0, 0.1) is 0 Å². The van der Waals surface area contributed by atoms with Gasteiger partial charge in [-0.05, 0) is 32.0 Å². The van der Waals surface area contributed by atoms with E-state index < -0.39 is 0 Å². The number of ether oxygens (including phenoxy) is 1. The molecule has 1 N–H and O–H groups in total. The maximum Gasteiger partial charge on any atom is 0.123 e. The first-order chi connectivity index (χ1) is 8.40. The quantitative estimate of drug-likeness (QED) is 0.761. The van der Waals surface area contributed by atoms with E-state index in [0.29, 0.717) is 0 Å². The summed E-state index contributed by atoms with van der Waals surface area (Å²) in [5.41, 5.74) is 1.23. The highest BCUT2D eigenvalue weighted by Gasteiger charge is 2.10. The maximum atomic E-state index is 5.33. The highest BCUT2D eigenvalue weighted by molar-refractivity contribution is 5.32. The first-order valence-electron chi connectivity index (χ1n) is 6.45. The highest BCUT2D eigenvalue weighted by atomic mass is 16.5. The second-order valence-corrected chi connectivity index (χ2v) is 4.54. The van der Waals surface area contributed by atoms with Crippen molar-refractivity contribution in [3.8, 4) is 5.75 Å². The van der Waals surface area contributed by atoms with E-state index in [9.17, 15) is 0 Å². The van der Waals surface area contributed by atoms with Gasteiger partial charge in [0.15, 0.2) is 0 Å². The molecule has 0 amide bonds. The smallest absolute Gasteiger partial charge is 0.123 e. The van der Waals surface area contributed by atoms with Crippen LogP contribution in [0.1, 0.15) is 18.4 Å². The van der Waals surface area contributed by atoms with E-state index in [4.69, 9.17) is 4.74 Å². The molecular weight excluding hydrogens is 212 g/mol. The molecule has 0 aliphatic carbocycles. The molecule has 0 bridgehead atoms. The molecule has 2 rings (SSSR count). The number of hydrogen-bond donors (Lipinski definition) is 1. The molecule has 1 aromatic rings. The summed E-state index contributed by atoms with van der Waals surface area (Å²) in [7, 11) is 1.73. The summed E-state index contributed by atoms with van der Waals surface area (Å²) >= 11 is 0. The van der Waals surface area contributed by atoms with Crippen LogP contribution in [0.3, 0.4) is 0 Å². The number of methoxy groups -OCH3 is 1. The first-order valence-corrected chi connectivity index (χ1v) is 6.45. The molecule has 1 fully saturated rings. The van der Waals surface area contributed by atoms with Crippen molar-refractivity contribution >= 4 is 0 Å². The molecule has 1 saturated heterocycles. The van der Waals surface area contributed by atoms with Crippen LogP contribution in [-0.2, 0) is 6.54 Å². The fourth-order valence-electron chi connectivity index (χ4n) is 2.32. The van der Waals surface area contributed by atoms with Crippen LogP contribution >= 0.6 is 0 Å². The number of para-hydroxylation sites is 1. The van der Waals surface area contributed by atoms with Crippen LogP contribution in [0.25, 0.3) is 0 Å². The lowest BCUT2D eigenvalue weighted by Crippen LogP contribution is -2.29. The van der Waals surface area contributed by atoms with Gasteiger partial charge in [-0.25, -0.2) is 0 Å². The first kappa shape index (κ1) is 12.4. The number of benzene rings is 1. The lowest BCUT2D eigenvalue weighted by molar-refractivity contribution is 0.335. The van der Waals surface area contributed by atoms with E-state index in [2.05, 4.69) is 22.3 Å². The minimum Gasteiger partial charge on any atom is -0.496 e. The third-order valence-electron chi connectivity index (χ3n) is 3.31. The van der Waals surface area contributed by atoms with Crippen molar-refractivity contribution in [2.24, 2.45) is 0 Å².